The Bertz CT molecular complexity index is 667. The average Bonchev–Trinajstić information content (AvgIpc) is 2.66. The average molecular weight is 279 g/mol. The topological polar surface area (TPSA) is 134 Å². The first-order chi connectivity index (χ1) is 9.42. The van der Waals surface area contributed by atoms with Gasteiger partial charge in [-0.2, -0.15) is 10.1 Å². The number of hydrazine groups is 1. The molecule has 0 saturated heterocycles. The van der Waals surface area contributed by atoms with Crippen LogP contribution >= 0.6 is 0 Å². The number of nitrogens with one attached hydrogen (secondary N) is 1. The van der Waals surface area contributed by atoms with Gasteiger partial charge in [-0.25, -0.2) is 15.5 Å². The minimum absolute atomic E-state index is 0.0296. The zero-order valence-corrected chi connectivity index (χ0v) is 11.1. The second-order valence-corrected chi connectivity index (χ2v) is 4.04. The highest BCUT2D eigenvalue weighted by molar-refractivity contribution is 5.49. The summed E-state index contributed by atoms with van der Waals surface area (Å²) in [5, 5.41) is 15.2. The third-order valence-corrected chi connectivity index (χ3v) is 2.50. The highest BCUT2D eigenvalue weighted by atomic mass is 16.6. The molecule has 0 bridgehead atoms. The van der Waals surface area contributed by atoms with Crippen molar-refractivity contribution in [1.29, 1.82) is 0 Å². The van der Waals surface area contributed by atoms with E-state index >= 15 is 0 Å². The van der Waals surface area contributed by atoms with Gasteiger partial charge in [0.1, 0.15) is 5.69 Å². The molecule has 10 nitrogen and oxygen atoms in total. The number of nitrogens with two attached hydrogens (primary N) is 1. The Morgan fingerprint density at radius 1 is 1.45 bits per heavy atom. The summed E-state index contributed by atoms with van der Waals surface area (Å²) in [6.07, 6.45) is 0. The molecule has 0 aliphatic rings. The first-order valence-corrected chi connectivity index (χ1v) is 5.60. The Morgan fingerprint density at radius 3 is 2.65 bits per heavy atom. The molecule has 0 spiro atoms. The molecule has 20 heavy (non-hydrogen) atoms. The third kappa shape index (κ3) is 2.49. The summed E-state index contributed by atoms with van der Waals surface area (Å²) in [5.41, 5.74) is 2.78. The van der Waals surface area contributed by atoms with E-state index in [1.807, 2.05) is 0 Å². The molecule has 0 saturated carbocycles. The fourth-order valence-corrected chi connectivity index (χ4v) is 1.67. The summed E-state index contributed by atoms with van der Waals surface area (Å²) in [7, 11) is 1.66. The van der Waals surface area contributed by atoms with Crippen molar-refractivity contribution in [3.8, 4) is 11.8 Å². The molecule has 2 rings (SSSR count). The van der Waals surface area contributed by atoms with Gasteiger partial charge in [-0.05, 0) is 13.8 Å². The zero-order valence-electron chi connectivity index (χ0n) is 11.1. The number of hydrogen-bond donors (Lipinski definition) is 2. The van der Waals surface area contributed by atoms with Gasteiger partial charge in [0.25, 0.3) is 0 Å². The van der Waals surface area contributed by atoms with Crippen LogP contribution in [-0.2, 0) is 7.05 Å². The van der Waals surface area contributed by atoms with E-state index in [2.05, 4.69) is 20.5 Å². The molecule has 2 heterocycles. The van der Waals surface area contributed by atoms with Gasteiger partial charge >= 0.3 is 11.6 Å². The molecule has 2 aromatic rings. The van der Waals surface area contributed by atoms with Crippen molar-refractivity contribution in [1.82, 2.24) is 19.7 Å². The highest BCUT2D eigenvalue weighted by Crippen LogP contribution is 2.32. The lowest BCUT2D eigenvalue weighted by Gasteiger charge is -2.08. The van der Waals surface area contributed by atoms with Crippen LogP contribution < -0.4 is 16.0 Å². The second kappa shape index (κ2) is 5.09. The largest absolute Gasteiger partial charge is 0.415 e. The van der Waals surface area contributed by atoms with Crippen molar-refractivity contribution < 1.29 is 9.66 Å². The summed E-state index contributed by atoms with van der Waals surface area (Å²) < 4.78 is 6.91. The highest BCUT2D eigenvalue weighted by Gasteiger charge is 2.25. The first kappa shape index (κ1) is 13.7. The molecule has 3 N–H and O–H groups in total. The molecule has 0 radical (unpaired) electrons. The summed E-state index contributed by atoms with van der Waals surface area (Å²) in [6.45, 7) is 3.25. The molecule has 0 fully saturated rings. The summed E-state index contributed by atoms with van der Waals surface area (Å²) in [5.74, 6) is 5.38. The molecule has 0 aromatic carbocycles. The van der Waals surface area contributed by atoms with Crippen LogP contribution in [0.3, 0.4) is 0 Å². The Kier molecular flexibility index (Phi) is 3.48. The molecular weight excluding hydrogens is 266 g/mol. The van der Waals surface area contributed by atoms with E-state index in [0.29, 0.717) is 11.6 Å². The van der Waals surface area contributed by atoms with Crippen molar-refractivity contribution in [3.05, 3.63) is 27.6 Å². The quantitative estimate of drug-likeness (QED) is 0.477. The van der Waals surface area contributed by atoms with Crippen LogP contribution in [-0.4, -0.2) is 24.7 Å². The Hall–Kier alpha value is -2.75. The molecule has 0 aliphatic heterocycles. The summed E-state index contributed by atoms with van der Waals surface area (Å²) in [6, 6.07) is 1.64. The number of nitro groups is 1. The van der Waals surface area contributed by atoms with E-state index in [9.17, 15) is 10.1 Å². The van der Waals surface area contributed by atoms with Crippen molar-refractivity contribution in [3.63, 3.8) is 0 Å². The number of hydrogen-bond acceptors (Lipinski definition) is 8. The van der Waals surface area contributed by atoms with Gasteiger partial charge in [-0.1, -0.05) is 0 Å². The predicted octanol–water partition coefficient (Wildman–Crippen LogP) is 0.813. The molecular formula is C10H13N7O3. The number of aromatic nitrogens is 4. The van der Waals surface area contributed by atoms with Gasteiger partial charge in [0.15, 0.2) is 0 Å². The van der Waals surface area contributed by atoms with Gasteiger partial charge < -0.3 is 4.74 Å². The first-order valence-electron chi connectivity index (χ1n) is 5.60. The van der Waals surface area contributed by atoms with Gasteiger partial charge in [0, 0.05) is 13.1 Å². The van der Waals surface area contributed by atoms with Gasteiger partial charge in [0.05, 0.1) is 10.6 Å². The van der Waals surface area contributed by atoms with E-state index in [1.54, 1.807) is 20.0 Å². The van der Waals surface area contributed by atoms with Gasteiger partial charge in [-0.15, -0.1) is 0 Å². The molecule has 0 aliphatic carbocycles. The van der Waals surface area contributed by atoms with Gasteiger partial charge in [-0.3, -0.25) is 15.5 Å². The van der Waals surface area contributed by atoms with Crippen LogP contribution in [0.15, 0.2) is 6.07 Å². The number of nitrogens with zero attached hydrogens (tertiary/aromatic N) is 5. The lowest BCUT2D eigenvalue weighted by atomic mass is 10.3. The number of anilines is 1. The van der Waals surface area contributed by atoms with Crippen LogP contribution in [0.5, 0.6) is 11.8 Å². The minimum Gasteiger partial charge on any atom is -0.415 e. The molecule has 0 atom stereocenters. The monoisotopic (exact) mass is 279 g/mol. The maximum atomic E-state index is 11.1. The Labute approximate surface area is 113 Å². The number of ether oxygens (including phenoxy) is 1. The molecule has 0 amide bonds. The number of nitrogen functional groups attached to an aromatic ring is 1. The van der Waals surface area contributed by atoms with Crippen LogP contribution in [0.4, 0.5) is 11.6 Å². The van der Waals surface area contributed by atoms with E-state index in [-0.39, 0.29) is 23.2 Å². The van der Waals surface area contributed by atoms with E-state index in [0.717, 1.165) is 0 Å². The second-order valence-electron chi connectivity index (χ2n) is 4.04. The van der Waals surface area contributed by atoms with E-state index < -0.39 is 4.92 Å². The van der Waals surface area contributed by atoms with Crippen molar-refractivity contribution in [2.75, 3.05) is 5.43 Å². The van der Waals surface area contributed by atoms with Crippen molar-refractivity contribution >= 4 is 11.6 Å². The Balaban J connectivity index is 2.51. The maximum absolute atomic E-state index is 11.1. The van der Waals surface area contributed by atoms with E-state index in [4.69, 9.17) is 10.6 Å². The predicted molar refractivity (Wildman–Crippen MR) is 69.3 cm³/mol. The van der Waals surface area contributed by atoms with Crippen LogP contribution in [0.2, 0.25) is 0 Å². The standard InChI is InChI=1S/C10H13N7O3/c1-5-4-7(16(3)15-5)20-9-8(17(18)19)6(2)12-10(13-9)14-11/h4H,11H2,1-3H3,(H,12,13,14). The zero-order chi connectivity index (χ0) is 14.9. The Morgan fingerprint density at radius 2 is 2.15 bits per heavy atom. The van der Waals surface area contributed by atoms with E-state index in [1.165, 1.54) is 11.6 Å². The third-order valence-electron chi connectivity index (χ3n) is 2.50. The molecule has 0 unspecified atom stereocenters. The fourth-order valence-electron chi connectivity index (χ4n) is 1.67. The SMILES string of the molecule is Cc1cc(Oc2nc(NN)nc(C)c2[N+](=O)[O-])n(C)n1. The summed E-state index contributed by atoms with van der Waals surface area (Å²) >= 11 is 0. The normalized spacial score (nSPS) is 10.4. The lowest BCUT2D eigenvalue weighted by Crippen LogP contribution is -2.13. The molecule has 106 valence electrons. The fraction of sp³-hybridized carbons (Fsp3) is 0.300. The summed E-state index contributed by atoms with van der Waals surface area (Å²) in [4.78, 5) is 18.2. The van der Waals surface area contributed by atoms with Crippen LogP contribution in [0.25, 0.3) is 0 Å². The van der Waals surface area contributed by atoms with Crippen LogP contribution in [0, 0.1) is 24.0 Å². The smallest absolute Gasteiger partial charge is 0.352 e. The van der Waals surface area contributed by atoms with Gasteiger partial charge in [0.2, 0.25) is 11.8 Å². The maximum Gasteiger partial charge on any atom is 0.352 e. The molecule has 10 heteroatoms. The minimum atomic E-state index is -0.603. The lowest BCUT2D eigenvalue weighted by molar-refractivity contribution is -0.386. The van der Waals surface area contributed by atoms with Crippen molar-refractivity contribution in [2.24, 2.45) is 12.9 Å². The van der Waals surface area contributed by atoms with Crippen molar-refractivity contribution in [2.45, 2.75) is 13.8 Å². The molecule has 2 aromatic heterocycles. The van der Waals surface area contributed by atoms with Crippen LogP contribution in [0.1, 0.15) is 11.4 Å². The number of rotatable bonds is 4. The number of aryl methyl sites for hydroxylation is 3.